The molecule has 4 rings (SSSR count). The normalized spacial score (nSPS) is 12.1. The molecule has 6 nitrogen and oxygen atoms in total. The second-order valence-electron chi connectivity index (χ2n) is 7.00. The van der Waals surface area contributed by atoms with Crippen LogP contribution in [0.1, 0.15) is 40.5 Å². The number of rotatable bonds is 6. The molecule has 0 aliphatic rings. The fraction of sp³-hybridized carbons (Fsp3) is 0.217. The molecule has 0 bridgehead atoms. The number of ether oxygens (including phenoxy) is 1. The lowest BCUT2D eigenvalue weighted by Gasteiger charge is -2.18. The first-order valence-electron chi connectivity index (χ1n) is 9.67. The van der Waals surface area contributed by atoms with Gasteiger partial charge in [-0.1, -0.05) is 12.1 Å². The predicted molar refractivity (Wildman–Crippen MR) is 111 cm³/mol. The van der Waals surface area contributed by atoms with E-state index in [9.17, 15) is 9.18 Å². The first-order valence-corrected chi connectivity index (χ1v) is 9.67. The third-order valence-electron chi connectivity index (χ3n) is 5.02. The van der Waals surface area contributed by atoms with Gasteiger partial charge in [0.25, 0.3) is 5.91 Å². The van der Waals surface area contributed by atoms with E-state index < -0.39 is 6.04 Å². The average Bonchev–Trinajstić information content (AvgIpc) is 3.30. The molecule has 0 radical (unpaired) electrons. The van der Waals surface area contributed by atoms with Crippen LogP contribution in [0.5, 0.6) is 5.75 Å². The Morgan fingerprint density at radius 2 is 2.03 bits per heavy atom. The van der Waals surface area contributed by atoms with E-state index in [1.165, 1.54) is 12.1 Å². The number of furan rings is 1. The largest absolute Gasteiger partial charge is 0.494 e. The SMILES string of the molecule is CCOc1ccc2oc(C(=O)N[C@H](c3ccc(F)cc3)c3nccn3C)c(C)c2c1. The summed E-state index contributed by atoms with van der Waals surface area (Å²) in [5, 5.41) is 3.80. The molecule has 0 unspecified atom stereocenters. The number of carbonyl (C=O) groups excluding carboxylic acids is 1. The molecule has 0 spiro atoms. The number of halogens is 1. The standard InChI is InChI=1S/C23H22FN3O3/c1-4-29-17-9-10-19-18(13-17)14(2)21(30-19)23(28)26-20(22-25-11-12-27(22)3)15-5-7-16(24)8-6-15/h5-13,20H,4H2,1-3H3,(H,26,28)/t20-/m1/s1. The second-order valence-corrected chi connectivity index (χ2v) is 7.00. The molecular formula is C23H22FN3O3. The highest BCUT2D eigenvalue weighted by atomic mass is 19.1. The van der Waals surface area contributed by atoms with Gasteiger partial charge in [0.1, 0.15) is 29.0 Å². The monoisotopic (exact) mass is 407 g/mol. The van der Waals surface area contributed by atoms with Gasteiger partial charge in [-0.15, -0.1) is 0 Å². The van der Waals surface area contributed by atoms with Gasteiger partial charge in [-0.3, -0.25) is 4.79 Å². The van der Waals surface area contributed by atoms with Gasteiger partial charge in [0.05, 0.1) is 6.61 Å². The Balaban J connectivity index is 1.70. The van der Waals surface area contributed by atoms with Crippen LogP contribution in [0.25, 0.3) is 11.0 Å². The maximum atomic E-state index is 13.4. The molecule has 1 N–H and O–H groups in total. The molecule has 0 saturated carbocycles. The van der Waals surface area contributed by atoms with Crippen LogP contribution in [-0.4, -0.2) is 22.1 Å². The van der Waals surface area contributed by atoms with Crippen molar-refractivity contribution < 1.29 is 18.3 Å². The number of nitrogens with one attached hydrogen (secondary N) is 1. The van der Waals surface area contributed by atoms with Crippen LogP contribution in [0, 0.1) is 12.7 Å². The summed E-state index contributed by atoms with van der Waals surface area (Å²) in [6.45, 7) is 4.31. The third kappa shape index (κ3) is 3.66. The molecule has 154 valence electrons. The molecule has 4 aromatic rings. The minimum Gasteiger partial charge on any atom is -0.494 e. The van der Waals surface area contributed by atoms with Gasteiger partial charge in [0.15, 0.2) is 5.76 Å². The van der Waals surface area contributed by atoms with Crippen molar-refractivity contribution in [2.45, 2.75) is 19.9 Å². The fourth-order valence-electron chi connectivity index (χ4n) is 3.48. The first-order chi connectivity index (χ1) is 14.5. The zero-order valence-corrected chi connectivity index (χ0v) is 17.0. The van der Waals surface area contributed by atoms with Gasteiger partial charge < -0.3 is 19.0 Å². The Bertz CT molecular complexity index is 1190. The van der Waals surface area contributed by atoms with Crippen LogP contribution < -0.4 is 10.1 Å². The molecule has 30 heavy (non-hydrogen) atoms. The van der Waals surface area contributed by atoms with E-state index in [-0.39, 0.29) is 17.5 Å². The summed E-state index contributed by atoms with van der Waals surface area (Å²) < 4.78 is 26.6. The molecule has 2 aromatic carbocycles. The highest BCUT2D eigenvalue weighted by molar-refractivity contribution is 5.99. The van der Waals surface area contributed by atoms with E-state index in [0.29, 0.717) is 23.6 Å². The number of aromatic nitrogens is 2. The lowest BCUT2D eigenvalue weighted by Crippen LogP contribution is -2.31. The van der Waals surface area contributed by atoms with Crippen LogP contribution in [-0.2, 0) is 7.05 Å². The average molecular weight is 407 g/mol. The number of nitrogens with zero attached hydrogens (tertiary/aromatic N) is 2. The molecule has 0 saturated heterocycles. The van der Waals surface area contributed by atoms with Crippen molar-refractivity contribution in [3.05, 3.63) is 83.4 Å². The Hall–Kier alpha value is -3.61. The molecule has 2 heterocycles. The lowest BCUT2D eigenvalue weighted by molar-refractivity contribution is 0.0914. The van der Waals surface area contributed by atoms with Gasteiger partial charge in [-0.25, -0.2) is 9.37 Å². The second kappa shape index (κ2) is 8.02. The molecule has 1 atom stereocenters. The van der Waals surface area contributed by atoms with E-state index in [1.54, 1.807) is 30.6 Å². The fourth-order valence-corrected chi connectivity index (χ4v) is 3.48. The van der Waals surface area contributed by atoms with Crippen molar-refractivity contribution in [1.29, 1.82) is 0 Å². The summed E-state index contributed by atoms with van der Waals surface area (Å²) in [6, 6.07) is 10.9. The summed E-state index contributed by atoms with van der Waals surface area (Å²) >= 11 is 0. The van der Waals surface area contributed by atoms with Crippen molar-refractivity contribution in [2.75, 3.05) is 6.61 Å². The number of aryl methyl sites for hydroxylation is 2. The highest BCUT2D eigenvalue weighted by Gasteiger charge is 2.25. The number of amides is 1. The summed E-state index contributed by atoms with van der Waals surface area (Å²) in [6.07, 6.45) is 3.44. The van der Waals surface area contributed by atoms with Crippen molar-refractivity contribution in [1.82, 2.24) is 14.9 Å². The van der Waals surface area contributed by atoms with Crippen LogP contribution in [0.15, 0.2) is 59.3 Å². The van der Waals surface area contributed by atoms with Gasteiger partial charge >= 0.3 is 0 Å². The van der Waals surface area contributed by atoms with Gasteiger partial charge in [0.2, 0.25) is 0 Å². The number of benzene rings is 2. The van der Waals surface area contributed by atoms with Gasteiger partial charge in [-0.05, 0) is 49.7 Å². The lowest BCUT2D eigenvalue weighted by atomic mass is 10.1. The molecule has 0 fully saturated rings. The maximum absolute atomic E-state index is 13.4. The molecule has 0 aliphatic carbocycles. The quantitative estimate of drug-likeness (QED) is 0.510. The third-order valence-corrected chi connectivity index (χ3v) is 5.02. The zero-order chi connectivity index (χ0) is 21.3. The van der Waals surface area contributed by atoms with Crippen molar-refractivity contribution in [3.8, 4) is 5.75 Å². The summed E-state index contributed by atoms with van der Waals surface area (Å²) in [7, 11) is 1.84. The Morgan fingerprint density at radius 1 is 1.27 bits per heavy atom. The van der Waals surface area contributed by atoms with Crippen LogP contribution in [0.3, 0.4) is 0 Å². The predicted octanol–water partition coefficient (Wildman–Crippen LogP) is 4.53. The van der Waals surface area contributed by atoms with Crippen LogP contribution in [0.2, 0.25) is 0 Å². The van der Waals surface area contributed by atoms with Gasteiger partial charge in [0, 0.05) is 30.4 Å². The van der Waals surface area contributed by atoms with E-state index >= 15 is 0 Å². The Kier molecular flexibility index (Phi) is 5.27. The first kappa shape index (κ1) is 19.7. The number of fused-ring (bicyclic) bond motifs is 1. The van der Waals surface area contributed by atoms with Crippen LogP contribution >= 0.6 is 0 Å². The molecule has 1 amide bonds. The number of imidazole rings is 1. The van der Waals surface area contributed by atoms with Gasteiger partial charge in [-0.2, -0.15) is 0 Å². The van der Waals surface area contributed by atoms with E-state index in [2.05, 4.69) is 10.3 Å². The highest BCUT2D eigenvalue weighted by Crippen LogP contribution is 2.30. The molecule has 0 aliphatic heterocycles. The molecule has 2 aromatic heterocycles. The minimum absolute atomic E-state index is 0.222. The van der Waals surface area contributed by atoms with Crippen molar-refractivity contribution in [2.24, 2.45) is 7.05 Å². The molecule has 7 heteroatoms. The minimum atomic E-state index is -0.565. The number of carbonyl (C=O) groups is 1. The summed E-state index contributed by atoms with van der Waals surface area (Å²) in [5.74, 6) is 0.848. The van der Waals surface area contributed by atoms with E-state index in [0.717, 1.165) is 16.7 Å². The topological polar surface area (TPSA) is 69.3 Å². The van der Waals surface area contributed by atoms with E-state index in [4.69, 9.17) is 9.15 Å². The number of hydrogen-bond acceptors (Lipinski definition) is 4. The van der Waals surface area contributed by atoms with Crippen molar-refractivity contribution >= 4 is 16.9 Å². The van der Waals surface area contributed by atoms with Crippen LogP contribution in [0.4, 0.5) is 4.39 Å². The summed E-state index contributed by atoms with van der Waals surface area (Å²) in [5.41, 5.74) is 2.05. The van der Waals surface area contributed by atoms with Crippen molar-refractivity contribution in [3.63, 3.8) is 0 Å². The van der Waals surface area contributed by atoms with E-state index in [1.807, 2.05) is 37.6 Å². The summed E-state index contributed by atoms with van der Waals surface area (Å²) in [4.78, 5) is 17.5. The zero-order valence-electron chi connectivity index (χ0n) is 17.0. The molecular weight excluding hydrogens is 385 g/mol. The Labute approximate surface area is 173 Å². The maximum Gasteiger partial charge on any atom is 0.288 e. The number of hydrogen-bond donors (Lipinski definition) is 1. The Morgan fingerprint density at radius 3 is 2.70 bits per heavy atom. The smallest absolute Gasteiger partial charge is 0.288 e.